The van der Waals surface area contributed by atoms with Gasteiger partial charge in [0.1, 0.15) is 6.29 Å². The second-order valence-corrected chi connectivity index (χ2v) is 4.87. The normalized spacial score (nSPS) is 27.3. The second-order valence-electron chi connectivity index (χ2n) is 2.82. The van der Waals surface area contributed by atoms with Crippen molar-refractivity contribution in [1.82, 2.24) is 0 Å². The van der Waals surface area contributed by atoms with Gasteiger partial charge in [-0.05, 0) is 32.4 Å². The summed E-state index contributed by atoms with van der Waals surface area (Å²) in [6, 6.07) is 0. The van der Waals surface area contributed by atoms with Crippen LogP contribution < -0.4 is 0 Å². The van der Waals surface area contributed by atoms with E-state index in [-0.39, 0.29) is 6.29 Å². The van der Waals surface area contributed by atoms with Crippen LogP contribution in [0.4, 0.5) is 0 Å². The Hall–Kier alpha value is 0.137. The Bertz CT molecular complexity index is 89.6. The van der Waals surface area contributed by atoms with Gasteiger partial charge < -0.3 is 9.16 Å². The molecule has 0 saturated carbocycles. The Morgan fingerprint density at radius 3 is 2.70 bits per heavy atom. The summed E-state index contributed by atoms with van der Waals surface area (Å²) in [6.45, 7) is 5.17. The summed E-state index contributed by atoms with van der Waals surface area (Å²) >= 11 is 0. The summed E-state index contributed by atoms with van der Waals surface area (Å²) in [5, 5.41) is 0. The lowest BCUT2D eigenvalue weighted by molar-refractivity contribution is -0.107. The number of rotatable bonds is 2. The molecule has 59 valence electrons. The molecule has 0 amide bonds. The van der Waals surface area contributed by atoms with Crippen molar-refractivity contribution < 1.29 is 9.16 Å². The molecule has 0 N–H and O–H groups in total. The molecule has 2 nitrogen and oxygen atoms in total. The first kappa shape index (κ1) is 8.24. The topological polar surface area (TPSA) is 18.5 Å². The molecule has 1 saturated heterocycles. The minimum atomic E-state index is -0.559. The molecule has 0 aromatic heterocycles. The van der Waals surface area contributed by atoms with Gasteiger partial charge in [0, 0.05) is 6.61 Å². The number of ether oxygens (including phenoxy) is 1. The summed E-state index contributed by atoms with van der Waals surface area (Å²) in [5.74, 6) is 0. The molecule has 0 spiro atoms. The third-order valence-corrected chi connectivity index (χ3v) is 2.24. The van der Waals surface area contributed by atoms with Crippen LogP contribution in [0, 0.1) is 0 Å². The SMILES string of the molecule is C[Si](C)OC1CCCCO1. The van der Waals surface area contributed by atoms with Crippen LogP contribution in [0.3, 0.4) is 0 Å². The summed E-state index contributed by atoms with van der Waals surface area (Å²) in [4.78, 5) is 0. The number of hydrogen-bond acceptors (Lipinski definition) is 2. The molecule has 1 heterocycles. The molecule has 0 bridgehead atoms. The first-order valence-electron chi connectivity index (χ1n) is 3.87. The average molecular weight is 159 g/mol. The molecule has 1 aliphatic heterocycles. The van der Waals surface area contributed by atoms with Crippen molar-refractivity contribution in [3.8, 4) is 0 Å². The van der Waals surface area contributed by atoms with Crippen molar-refractivity contribution in [1.29, 1.82) is 0 Å². The van der Waals surface area contributed by atoms with E-state index in [1.165, 1.54) is 12.8 Å². The fourth-order valence-corrected chi connectivity index (χ4v) is 1.78. The van der Waals surface area contributed by atoms with E-state index in [4.69, 9.17) is 9.16 Å². The molecule has 0 aromatic carbocycles. The second kappa shape index (κ2) is 4.11. The van der Waals surface area contributed by atoms with Crippen LogP contribution in [0.2, 0.25) is 13.1 Å². The van der Waals surface area contributed by atoms with Crippen LogP contribution in [-0.4, -0.2) is 21.9 Å². The molecule has 1 atom stereocenters. The molecule has 0 aromatic rings. The van der Waals surface area contributed by atoms with Gasteiger partial charge in [-0.3, -0.25) is 0 Å². The Morgan fingerprint density at radius 2 is 2.20 bits per heavy atom. The van der Waals surface area contributed by atoms with Gasteiger partial charge in [-0.2, -0.15) is 0 Å². The van der Waals surface area contributed by atoms with E-state index < -0.39 is 9.04 Å². The van der Waals surface area contributed by atoms with E-state index in [1.807, 2.05) is 0 Å². The summed E-state index contributed by atoms with van der Waals surface area (Å²) < 4.78 is 11.0. The van der Waals surface area contributed by atoms with Gasteiger partial charge in [-0.15, -0.1) is 0 Å². The summed E-state index contributed by atoms with van der Waals surface area (Å²) in [6.07, 6.45) is 3.68. The van der Waals surface area contributed by atoms with Crippen molar-refractivity contribution in [2.24, 2.45) is 0 Å². The average Bonchev–Trinajstić information content (AvgIpc) is 1.88. The van der Waals surface area contributed by atoms with Crippen LogP contribution in [-0.2, 0) is 9.16 Å². The van der Waals surface area contributed by atoms with E-state index in [1.54, 1.807) is 0 Å². The van der Waals surface area contributed by atoms with E-state index in [2.05, 4.69) is 13.1 Å². The first-order chi connectivity index (χ1) is 4.79. The molecule has 0 aliphatic carbocycles. The predicted molar refractivity (Wildman–Crippen MR) is 42.2 cm³/mol. The van der Waals surface area contributed by atoms with Gasteiger partial charge in [0.2, 0.25) is 9.04 Å². The molecule has 10 heavy (non-hydrogen) atoms. The quantitative estimate of drug-likeness (QED) is 0.572. The van der Waals surface area contributed by atoms with Crippen molar-refractivity contribution in [3.63, 3.8) is 0 Å². The maximum Gasteiger partial charge on any atom is 0.208 e. The lowest BCUT2D eigenvalue weighted by Crippen LogP contribution is -2.26. The van der Waals surface area contributed by atoms with Crippen molar-refractivity contribution in [2.45, 2.75) is 38.6 Å². The Morgan fingerprint density at radius 1 is 1.40 bits per heavy atom. The van der Waals surface area contributed by atoms with Gasteiger partial charge in [0.15, 0.2) is 0 Å². The first-order valence-corrected chi connectivity index (χ1v) is 6.28. The Kier molecular flexibility index (Phi) is 3.38. The highest BCUT2D eigenvalue weighted by Gasteiger charge is 2.15. The smallest absolute Gasteiger partial charge is 0.208 e. The van der Waals surface area contributed by atoms with Gasteiger partial charge >= 0.3 is 0 Å². The monoisotopic (exact) mass is 159 g/mol. The third kappa shape index (κ3) is 2.81. The molecule has 1 rings (SSSR count). The molecule has 3 heteroatoms. The van der Waals surface area contributed by atoms with Crippen LogP contribution in [0.25, 0.3) is 0 Å². The minimum absolute atomic E-state index is 0.123. The highest BCUT2D eigenvalue weighted by atomic mass is 28.3. The van der Waals surface area contributed by atoms with E-state index in [0.29, 0.717) is 0 Å². The van der Waals surface area contributed by atoms with Gasteiger partial charge in [0.05, 0.1) is 0 Å². The van der Waals surface area contributed by atoms with Crippen molar-refractivity contribution in [3.05, 3.63) is 0 Å². The maximum atomic E-state index is 5.57. The molecule has 1 aliphatic rings. The molecule has 1 unspecified atom stereocenters. The predicted octanol–water partition coefficient (Wildman–Crippen LogP) is 1.78. The van der Waals surface area contributed by atoms with Crippen LogP contribution in [0.1, 0.15) is 19.3 Å². The van der Waals surface area contributed by atoms with Crippen LogP contribution in [0.15, 0.2) is 0 Å². The molecular formula is C7H15O2Si. The van der Waals surface area contributed by atoms with Crippen molar-refractivity contribution >= 4 is 9.04 Å². The van der Waals surface area contributed by atoms with Gasteiger partial charge in [-0.1, -0.05) is 0 Å². The standard InChI is InChI=1S/C7H15O2Si/c1-10(2)9-7-5-3-4-6-8-7/h7H,3-6H2,1-2H3. The van der Waals surface area contributed by atoms with Crippen LogP contribution in [0.5, 0.6) is 0 Å². The zero-order valence-electron chi connectivity index (χ0n) is 6.72. The Balaban J connectivity index is 2.13. The lowest BCUT2D eigenvalue weighted by atomic mass is 10.2. The highest BCUT2D eigenvalue weighted by molar-refractivity contribution is 6.48. The van der Waals surface area contributed by atoms with E-state index in [0.717, 1.165) is 13.0 Å². The van der Waals surface area contributed by atoms with Crippen molar-refractivity contribution in [2.75, 3.05) is 6.61 Å². The fourth-order valence-electron chi connectivity index (χ4n) is 1.07. The number of hydrogen-bond donors (Lipinski definition) is 0. The van der Waals surface area contributed by atoms with Crippen LogP contribution >= 0.6 is 0 Å². The molecule has 1 fully saturated rings. The summed E-state index contributed by atoms with van der Waals surface area (Å²) in [5.41, 5.74) is 0. The van der Waals surface area contributed by atoms with E-state index >= 15 is 0 Å². The highest BCUT2D eigenvalue weighted by Crippen LogP contribution is 2.14. The Labute approximate surface area is 64.3 Å². The molecule has 1 radical (unpaired) electrons. The lowest BCUT2D eigenvalue weighted by Gasteiger charge is -2.24. The summed E-state index contributed by atoms with van der Waals surface area (Å²) in [7, 11) is -0.559. The zero-order chi connectivity index (χ0) is 7.40. The molecular weight excluding hydrogens is 144 g/mol. The largest absolute Gasteiger partial charge is 0.393 e. The fraction of sp³-hybridized carbons (Fsp3) is 1.00. The zero-order valence-corrected chi connectivity index (χ0v) is 7.72. The minimum Gasteiger partial charge on any atom is -0.393 e. The van der Waals surface area contributed by atoms with E-state index in [9.17, 15) is 0 Å². The van der Waals surface area contributed by atoms with Gasteiger partial charge in [-0.25, -0.2) is 0 Å². The maximum absolute atomic E-state index is 5.57. The van der Waals surface area contributed by atoms with Gasteiger partial charge in [0.25, 0.3) is 0 Å². The third-order valence-electron chi connectivity index (χ3n) is 1.51.